The van der Waals surface area contributed by atoms with E-state index in [9.17, 15) is 22.8 Å². The first kappa shape index (κ1) is 31.4. The number of hydrogen-bond acceptors (Lipinski definition) is 6. The van der Waals surface area contributed by atoms with Crippen LogP contribution in [-0.4, -0.2) is 59.4 Å². The maximum Gasteiger partial charge on any atom is 0.573 e. The van der Waals surface area contributed by atoms with Crippen molar-refractivity contribution in [2.24, 2.45) is 0 Å². The molecule has 0 saturated heterocycles. The number of nitrogens with one attached hydrogen (secondary N) is 1. The lowest BCUT2D eigenvalue weighted by Gasteiger charge is -2.22. The summed E-state index contributed by atoms with van der Waals surface area (Å²) in [6.45, 7) is 0.327. The van der Waals surface area contributed by atoms with Crippen LogP contribution in [0.15, 0.2) is 53.1 Å². The summed E-state index contributed by atoms with van der Waals surface area (Å²) < 4.78 is 54.9. The van der Waals surface area contributed by atoms with Crippen LogP contribution in [0.4, 0.5) is 13.2 Å². The molecule has 0 spiro atoms. The molecule has 1 N–H and O–H groups in total. The van der Waals surface area contributed by atoms with Gasteiger partial charge in [-0.05, 0) is 67.8 Å². The van der Waals surface area contributed by atoms with E-state index in [0.717, 1.165) is 17.7 Å². The fourth-order valence-electron chi connectivity index (χ4n) is 3.29. The van der Waals surface area contributed by atoms with Gasteiger partial charge in [-0.2, -0.15) is 4.98 Å². The third-order valence-electron chi connectivity index (χ3n) is 5.01. The number of likely N-dealkylation sites (N-methyl/N-ethyl adjacent to an activating group) is 1. The van der Waals surface area contributed by atoms with Crippen molar-refractivity contribution in [2.45, 2.75) is 12.9 Å². The van der Waals surface area contributed by atoms with Crippen molar-refractivity contribution < 1.29 is 36.8 Å². The van der Waals surface area contributed by atoms with Crippen LogP contribution in [0.1, 0.15) is 16.1 Å². The number of nitrogens with zero attached hydrogens (tertiary/aromatic N) is 3. The number of aromatic nitrogens is 2. The highest BCUT2D eigenvalue weighted by atomic mass is 127. The number of benzene rings is 2. The van der Waals surface area contributed by atoms with Crippen molar-refractivity contribution in [1.82, 2.24) is 19.8 Å². The molecule has 39 heavy (non-hydrogen) atoms. The number of amides is 2. The van der Waals surface area contributed by atoms with Gasteiger partial charge in [0.2, 0.25) is 5.91 Å². The number of rotatable bonds is 12. The molecule has 2 amide bonds. The van der Waals surface area contributed by atoms with Gasteiger partial charge >= 0.3 is 12.4 Å². The summed E-state index contributed by atoms with van der Waals surface area (Å²) in [5.74, 6) is -1.43. The molecule has 3 rings (SSSR count). The second-order valence-electron chi connectivity index (χ2n) is 7.70. The van der Waals surface area contributed by atoms with Crippen molar-refractivity contribution in [3.8, 4) is 17.5 Å². The molecule has 1 heterocycles. The molecule has 2 aromatic carbocycles. The lowest BCUT2D eigenvalue weighted by molar-refractivity contribution is -0.274. The van der Waals surface area contributed by atoms with Crippen molar-refractivity contribution in [1.29, 1.82) is 0 Å². The molecule has 210 valence electrons. The molecule has 0 aliphatic heterocycles. The number of ether oxygens (including phenoxy) is 2. The van der Waals surface area contributed by atoms with E-state index in [1.54, 1.807) is 24.3 Å². The Kier molecular flexibility index (Phi) is 11.7. The molecule has 1 aromatic heterocycles. The van der Waals surface area contributed by atoms with Crippen LogP contribution in [-0.2, 0) is 15.9 Å². The minimum absolute atomic E-state index is 0.00994. The maximum absolute atomic E-state index is 13.7. The minimum atomic E-state index is -4.88. The normalized spacial score (nSPS) is 11.6. The predicted molar refractivity (Wildman–Crippen MR) is 152 cm³/mol. The number of carbonyl (C=O) groups excluding carboxylic acids is 2. The van der Waals surface area contributed by atoms with Crippen molar-refractivity contribution in [2.75, 3.05) is 26.7 Å². The average molecular weight is 764 g/mol. The molecule has 0 aliphatic rings. The van der Waals surface area contributed by atoms with Crippen molar-refractivity contribution in [3.05, 3.63) is 69.4 Å². The first-order valence-corrected chi connectivity index (χ1v) is 16.2. The summed E-state index contributed by atoms with van der Waals surface area (Å²) in [5, 5.41) is 3.00. The lowest BCUT2D eigenvalue weighted by atomic mass is 10.2. The third-order valence-corrected chi connectivity index (χ3v) is 7.07. The van der Waals surface area contributed by atoms with E-state index in [4.69, 9.17) is 20.9 Å². The summed E-state index contributed by atoms with van der Waals surface area (Å²) in [5.41, 5.74) is 0.785. The largest absolute Gasteiger partial charge is 0.573 e. The topological polar surface area (TPSA) is 94.9 Å². The molecule has 16 heteroatoms. The van der Waals surface area contributed by atoms with Gasteiger partial charge in [-0.25, -0.2) is 0 Å². The molecule has 0 radical (unpaired) electrons. The molecule has 9 nitrogen and oxygen atoms in total. The summed E-state index contributed by atoms with van der Waals surface area (Å²) in [4.78, 5) is 31.5. The van der Waals surface area contributed by atoms with E-state index in [1.807, 2.05) is 22.0 Å². The Bertz CT molecular complexity index is 1300. The van der Waals surface area contributed by atoms with Crippen LogP contribution >= 0.6 is 56.0 Å². The summed E-state index contributed by atoms with van der Waals surface area (Å²) in [6, 6.07) is 11.6. The van der Waals surface area contributed by atoms with Gasteiger partial charge in [-0.1, -0.05) is 29.8 Å². The molecular weight excluding hydrogens is 743 g/mol. The van der Waals surface area contributed by atoms with Crippen LogP contribution < -0.4 is 14.8 Å². The monoisotopic (exact) mass is 762 g/mol. The molecule has 0 bridgehead atoms. The molecular formula is C23H21BrClF3IN4O5P. The predicted octanol–water partition coefficient (Wildman–Crippen LogP) is 6.19. The van der Waals surface area contributed by atoms with Gasteiger partial charge in [0.25, 0.3) is 5.91 Å². The number of hydrogen-bond donors (Lipinski definition) is 1. The van der Waals surface area contributed by atoms with Crippen LogP contribution in [0, 0.1) is 0 Å². The average Bonchev–Trinajstić information content (AvgIpc) is 3.17. The first-order valence-electron chi connectivity index (χ1n) is 11.0. The van der Waals surface area contributed by atoms with Crippen LogP contribution in [0.2, 0.25) is 5.02 Å². The zero-order valence-corrected chi connectivity index (χ0v) is 25.6. The van der Waals surface area contributed by atoms with E-state index >= 15 is 0 Å². The number of alkyl halides is 3. The molecule has 0 aliphatic carbocycles. The fraction of sp³-hybridized carbons (Fsp3) is 0.261. The quantitative estimate of drug-likeness (QED) is 0.135. The van der Waals surface area contributed by atoms with Gasteiger partial charge in [0.15, 0.2) is 0 Å². The highest BCUT2D eigenvalue weighted by Gasteiger charge is 2.32. The van der Waals surface area contributed by atoms with Crippen LogP contribution in [0.25, 0.3) is 0 Å². The van der Waals surface area contributed by atoms with Gasteiger partial charge in [-0.15, -0.1) is 13.2 Å². The fourth-order valence-corrected chi connectivity index (χ4v) is 4.78. The Labute approximate surface area is 249 Å². The Hall–Kier alpha value is -2.13. The number of carbonyl (C=O) groups is 2. The van der Waals surface area contributed by atoms with Crippen LogP contribution in [0.3, 0.4) is 0 Å². The highest BCUT2D eigenvalue weighted by molar-refractivity contribution is 14.2. The third kappa shape index (κ3) is 9.48. The van der Waals surface area contributed by atoms with Gasteiger partial charge in [0.1, 0.15) is 21.8 Å². The van der Waals surface area contributed by atoms with Gasteiger partial charge in [0, 0.05) is 24.7 Å². The molecule has 1 unspecified atom stereocenters. The highest BCUT2D eigenvalue weighted by Crippen LogP contribution is 2.32. The standard InChI is InChI=1S/C23H21BrClF3IN4O5P/c1-30-18(34)13-32(9-10-36-39-29)21(35)19-20(24)31-22(33(19)12-14-5-7-15(25)8-6-14)37-16-3-2-4-17(11-16)38-23(26,27)28/h2-8,11,39H,9-10,12-13H2,1H3,(H,30,34). The second-order valence-corrected chi connectivity index (χ2v) is 10.6. The lowest BCUT2D eigenvalue weighted by Crippen LogP contribution is -2.42. The van der Waals surface area contributed by atoms with Gasteiger partial charge in [-0.3, -0.25) is 14.2 Å². The van der Waals surface area contributed by atoms with E-state index in [-0.39, 0.29) is 54.7 Å². The minimum Gasteiger partial charge on any atom is -0.425 e. The Balaban J connectivity index is 2.03. The Morgan fingerprint density at radius 3 is 2.54 bits per heavy atom. The number of halogens is 6. The van der Waals surface area contributed by atoms with Gasteiger partial charge < -0.3 is 24.2 Å². The smallest absolute Gasteiger partial charge is 0.425 e. The molecule has 0 fully saturated rings. The SMILES string of the molecule is CNC(=O)CN(CCOPI)C(=O)c1c(Br)nc(Oc2cccc(OC(F)(F)F)c2)n1Cc1ccc(Cl)cc1. The van der Waals surface area contributed by atoms with Crippen molar-refractivity contribution >= 4 is 67.8 Å². The van der Waals surface area contributed by atoms with Crippen LogP contribution in [0.5, 0.6) is 17.5 Å². The van der Waals surface area contributed by atoms with Gasteiger partial charge in [0.05, 0.1) is 26.1 Å². The van der Waals surface area contributed by atoms with E-state index < -0.39 is 23.9 Å². The molecule has 3 aromatic rings. The zero-order chi connectivity index (χ0) is 28.6. The summed E-state index contributed by atoms with van der Waals surface area (Å²) >= 11 is 11.4. The number of imidazole rings is 1. The summed E-state index contributed by atoms with van der Waals surface area (Å²) in [7, 11) is 1.46. The summed E-state index contributed by atoms with van der Waals surface area (Å²) in [6.07, 6.45) is -4.88. The second kappa shape index (κ2) is 14.5. The zero-order valence-electron chi connectivity index (χ0n) is 20.1. The first-order chi connectivity index (χ1) is 18.5. The van der Waals surface area contributed by atoms with Crippen molar-refractivity contribution in [3.63, 3.8) is 0 Å². The molecule has 0 saturated carbocycles. The molecule has 1 atom stereocenters. The van der Waals surface area contributed by atoms with E-state index in [2.05, 4.69) is 31.0 Å². The Morgan fingerprint density at radius 2 is 1.90 bits per heavy atom. The maximum atomic E-state index is 13.7. The van der Waals surface area contributed by atoms with E-state index in [0.29, 0.717) is 5.02 Å². The van der Waals surface area contributed by atoms with E-state index in [1.165, 1.54) is 28.6 Å². The Morgan fingerprint density at radius 1 is 1.21 bits per heavy atom.